The number of nitrogens with one attached hydrogen (secondary N) is 1. The third kappa shape index (κ3) is 5.25. The van der Waals surface area contributed by atoms with E-state index >= 15 is 0 Å². The van der Waals surface area contributed by atoms with Gasteiger partial charge in [-0.05, 0) is 51.3 Å². The lowest BCUT2D eigenvalue weighted by Gasteiger charge is -2.24. The minimum Gasteiger partial charge on any atom is -0.490 e. The first-order chi connectivity index (χ1) is 12.9. The number of nitrogens with zero attached hydrogens (tertiary/aromatic N) is 1. The molecule has 0 fully saturated rings. The molecule has 6 heteroatoms. The Morgan fingerprint density at radius 2 is 1.81 bits per heavy atom. The minimum atomic E-state index is -0.132. The van der Waals surface area contributed by atoms with Crippen molar-refractivity contribution in [3.05, 3.63) is 40.8 Å². The third-order valence-electron chi connectivity index (χ3n) is 4.43. The van der Waals surface area contributed by atoms with Crippen molar-refractivity contribution in [3.63, 3.8) is 0 Å². The van der Waals surface area contributed by atoms with Crippen LogP contribution in [-0.2, 0) is 11.2 Å². The van der Waals surface area contributed by atoms with E-state index in [1.54, 1.807) is 0 Å². The van der Waals surface area contributed by atoms with E-state index in [1.165, 1.54) is 0 Å². The topological polar surface area (TPSA) is 73.6 Å². The molecule has 6 nitrogen and oxygen atoms in total. The number of aromatic nitrogens is 1. The number of amides is 1. The van der Waals surface area contributed by atoms with E-state index < -0.39 is 0 Å². The Hall–Kier alpha value is -2.50. The van der Waals surface area contributed by atoms with E-state index in [1.807, 2.05) is 45.9 Å². The van der Waals surface area contributed by atoms with Crippen LogP contribution in [0.25, 0.3) is 0 Å². The quantitative estimate of drug-likeness (QED) is 0.714. The van der Waals surface area contributed by atoms with Crippen molar-refractivity contribution >= 4 is 5.91 Å². The molecule has 0 aliphatic rings. The van der Waals surface area contributed by atoms with Crippen molar-refractivity contribution in [3.8, 4) is 11.5 Å². The van der Waals surface area contributed by atoms with E-state index in [-0.39, 0.29) is 24.3 Å². The van der Waals surface area contributed by atoms with Crippen LogP contribution >= 0.6 is 0 Å². The molecular weight excluding hydrogens is 344 g/mol. The normalized spacial score (nSPS) is 12.1. The number of hydrogen-bond acceptors (Lipinski definition) is 5. The standard InChI is InChI=1S/C21H30N2O4/c1-7-25-18-10-9-16(11-19(18)26-8-2)21(13(3)4)22-20(24)12-17-14(5)23-27-15(17)6/h9-11,13,21H,7-8,12H2,1-6H3,(H,22,24). The maximum Gasteiger partial charge on any atom is 0.225 e. The van der Waals surface area contributed by atoms with Gasteiger partial charge in [-0.25, -0.2) is 0 Å². The van der Waals surface area contributed by atoms with Gasteiger partial charge in [0.15, 0.2) is 11.5 Å². The molecule has 2 rings (SSSR count). The van der Waals surface area contributed by atoms with E-state index in [0.29, 0.717) is 30.5 Å². The Bertz CT molecular complexity index is 748. The molecule has 0 saturated heterocycles. The molecule has 1 aromatic heterocycles. The fraction of sp³-hybridized carbons (Fsp3) is 0.524. The van der Waals surface area contributed by atoms with Gasteiger partial charge in [-0.2, -0.15) is 0 Å². The molecule has 0 aliphatic carbocycles. The van der Waals surface area contributed by atoms with Crippen molar-refractivity contribution in [1.29, 1.82) is 0 Å². The maximum absolute atomic E-state index is 12.6. The zero-order valence-electron chi connectivity index (χ0n) is 17.1. The van der Waals surface area contributed by atoms with Crippen molar-refractivity contribution in [1.82, 2.24) is 10.5 Å². The minimum absolute atomic E-state index is 0.0602. The molecule has 1 unspecified atom stereocenters. The summed E-state index contributed by atoms with van der Waals surface area (Å²) in [7, 11) is 0. The first-order valence-corrected chi connectivity index (χ1v) is 9.47. The largest absolute Gasteiger partial charge is 0.490 e. The van der Waals surface area contributed by atoms with Gasteiger partial charge < -0.3 is 19.3 Å². The van der Waals surface area contributed by atoms with Gasteiger partial charge in [0, 0.05) is 5.56 Å². The Morgan fingerprint density at radius 3 is 2.37 bits per heavy atom. The summed E-state index contributed by atoms with van der Waals surface area (Å²) in [6, 6.07) is 5.71. The number of ether oxygens (including phenoxy) is 2. The maximum atomic E-state index is 12.6. The lowest BCUT2D eigenvalue weighted by Crippen LogP contribution is -2.33. The Morgan fingerprint density at radius 1 is 1.15 bits per heavy atom. The molecule has 2 aromatic rings. The summed E-state index contributed by atoms with van der Waals surface area (Å²) in [5, 5.41) is 7.06. The van der Waals surface area contributed by atoms with Crippen molar-refractivity contribution in [2.75, 3.05) is 13.2 Å². The van der Waals surface area contributed by atoms with Gasteiger partial charge in [-0.3, -0.25) is 4.79 Å². The zero-order chi connectivity index (χ0) is 20.0. The van der Waals surface area contributed by atoms with Crippen LogP contribution < -0.4 is 14.8 Å². The van der Waals surface area contributed by atoms with Crippen LogP contribution in [0.5, 0.6) is 11.5 Å². The molecule has 0 aliphatic heterocycles. The van der Waals surface area contributed by atoms with Crippen LogP contribution in [-0.4, -0.2) is 24.3 Å². The smallest absolute Gasteiger partial charge is 0.225 e. The summed E-state index contributed by atoms with van der Waals surface area (Å²) in [6.45, 7) is 12.8. The lowest BCUT2D eigenvalue weighted by molar-refractivity contribution is -0.121. The summed E-state index contributed by atoms with van der Waals surface area (Å²) < 4.78 is 16.5. The Kier molecular flexibility index (Phi) is 7.28. The van der Waals surface area contributed by atoms with Crippen LogP contribution in [0, 0.1) is 19.8 Å². The highest BCUT2D eigenvalue weighted by molar-refractivity contribution is 5.79. The predicted molar refractivity (Wildman–Crippen MR) is 104 cm³/mol. The van der Waals surface area contributed by atoms with Crippen LogP contribution in [0.15, 0.2) is 22.7 Å². The van der Waals surface area contributed by atoms with E-state index in [4.69, 9.17) is 14.0 Å². The summed E-state index contributed by atoms with van der Waals surface area (Å²) in [4.78, 5) is 12.6. The van der Waals surface area contributed by atoms with Crippen LogP contribution in [0.3, 0.4) is 0 Å². The molecule has 1 amide bonds. The summed E-state index contributed by atoms with van der Waals surface area (Å²) in [5.74, 6) is 2.25. The van der Waals surface area contributed by atoms with Gasteiger partial charge in [0.2, 0.25) is 5.91 Å². The summed E-state index contributed by atoms with van der Waals surface area (Å²) >= 11 is 0. The molecule has 1 heterocycles. The number of aryl methyl sites for hydroxylation is 2. The van der Waals surface area contributed by atoms with Crippen molar-refractivity contribution < 1.29 is 18.8 Å². The highest BCUT2D eigenvalue weighted by Gasteiger charge is 2.22. The fourth-order valence-corrected chi connectivity index (χ4v) is 3.04. The second kappa shape index (κ2) is 9.44. The summed E-state index contributed by atoms with van der Waals surface area (Å²) in [6.07, 6.45) is 0.250. The molecule has 0 spiro atoms. The highest BCUT2D eigenvalue weighted by atomic mass is 16.5. The molecule has 1 atom stereocenters. The molecule has 0 bridgehead atoms. The van der Waals surface area contributed by atoms with Gasteiger partial charge in [-0.15, -0.1) is 0 Å². The van der Waals surface area contributed by atoms with Gasteiger partial charge in [0.05, 0.1) is 31.4 Å². The monoisotopic (exact) mass is 374 g/mol. The molecule has 148 valence electrons. The second-order valence-electron chi connectivity index (χ2n) is 6.84. The molecule has 1 aromatic carbocycles. The van der Waals surface area contributed by atoms with Crippen LogP contribution in [0.2, 0.25) is 0 Å². The van der Waals surface area contributed by atoms with E-state index in [2.05, 4.69) is 24.3 Å². The molecule has 27 heavy (non-hydrogen) atoms. The number of carbonyl (C=O) groups excluding carboxylic acids is 1. The third-order valence-corrected chi connectivity index (χ3v) is 4.43. The van der Waals surface area contributed by atoms with Crippen molar-refractivity contribution in [2.45, 2.75) is 54.0 Å². The van der Waals surface area contributed by atoms with Gasteiger partial charge in [0.1, 0.15) is 5.76 Å². The lowest BCUT2D eigenvalue weighted by atomic mass is 9.95. The number of benzene rings is 1. The molecule has 1 N–H and O–H groups in total. The number of hydrogen-bond donors (Lipinski definition) is 1. The number of carbonyl (C=O) groups is 1. The second-order valence-corrected chi connectivity index (χ2v) is 6.84. The first kappa shape index (κ1) is 20.8. The number of rotatable bonds is 9. The summed E-state index contributed by atoms with van der Waals surface area (Å²) in [5.41, 5.74) is 2.59. The molecule has 0 radical (unpaired) electrons. The zero-order valence-corrected chi connectivity index (χ0v) is 17.1. The van der Waals surface area contributed by atoms with Gasteiger partial charge in [0.25, 0.3) is 0 Å². The van der Waals surface area contributed by atoms with Crippen molar-refractivity contribution in [2.24, 2.45) is 5.92 Å². The highest BCUT2D eigenvalue weighted by Crippen LogP contribution is 2.33. The van der Waals surface area contributed by atoms with Gasteiger partial charge >= 0.3 is 0 Å². The Labute approximate surface area is 161 Å². The SMILES string of the molecule is CCOc1ccc(C(NC(=O)Cc2c(C)noc2C)C(C)C)cc1OCC. The van der Waals surface area contributed by atoms with E-state index in [0.717, 1.165) is 16.8 Å². The molecule has 0 saturated carbocycles. The van der Waals surface area contributed by atoms with E-state index in [9.17, 15) is 4.79 Å². The average Bonchev–Trinajstić information content (AvgIpc) is 2.93. The average molecular weight is 374 g/mol. The van der Waals surface area contributed by atoms with Crippen LogP contribution in [0.1, 0.15) is 56.3 Å². The predicted octanol–water partition coefficient (Wildman–Crippen LogP) is 4.14. The Balaban J connectivity index is 2.21. The van der Waals surface area contributed by atoms with Crippen LogP contribution in [0.4, 0.5) is 0 Å². The molecular formula is C21H30N2O4. The van der Waals surface area contributed by atoms with Gasteiger partial charge in [-0.1, -0.05) is 25.1 Å². The first-order valence-electron chi connectivity index (χ1n) is 9.47. The fourth-order valence-electron chi connectivity index (χ4n) is 3.04.